The fourth-order valence-electron chi connectivity index (χ4n) is 3.51. The van der Waals surface area contributed by atoms with Gasteiger partial charge in [-0.05, 0) is 16.0 Å². The smallest absolute Gasteiger partial charge is 0.247 e. The van der Waals surface area contributed by atoms with Gasteiger partial charge in [-0.2, -0.15) is 0 Å². The third-order valence-corrected chi connectivity index (χ3v) is 4.89. The van der Waals surface area contributed by atoms with E-state index in [1.807, 2.05) is 35.2 Å². The molecule has 0 unspecified atom stereocenters. The molecule has 2 saturated heterocycles. The zero-order chi connectivity index (χ0) is 17.1. The highest BCUT2D eigenvalue weighted by molar-refractivity contribution is 5.80. The Morgan fingerprint density at radius 3 is 2.52 bits per heavy atom. The predicted octanol–water partition coefficient (Wildman–Crippen LogP) is 0.822. The first-order valence-corrected chi connectivity index (χ1v) is 8.59. The molecule has 1 aromatic heterocycles. The number of hydrogen-bond acceptors (Lipinski definition) is 6. The van der Waals surface area contributed by atoms with E-state index in [2.05, 4.69) is 15.5 Å². The first-order chi connectivity index (χ1) is 12.3. The van der Waals surface area contributed by atoms with Gasteiger partial charge in [0.2, 0.25) is 5.91 Å². The van der Waals surface area contributed by atoms with Crippen molar-refractivity contribution in [2.24, 2.45) is 0 Å². The van der Waals surface area contributed by atoms with E-state index in [4.69, 9.17) is 9.47 Å². The summed E-state index contributed by atoms with van der Waals surface area (Å²) in [6.07, 6.45) is 3.46. The van der Waals surface area contributed by atoms with Gasteiger partial charge in [0, 0.05) is 32.4 Å². The lowest BCUT2D eigenvalue weighted by Crippen LogP contribution is -2.49. The monoisotopic (exact) mass is 343 g/mol. The highest BCUT2D eigenvalue weighted by Crippen LogP contribution is 2.32. The van der Waals surface area contributed by atoms with Crippen molar-refractivity contribution in [1.82, 2.24) is 25.1 Å². The minimum atomic E-state index is -0.486. The third-order valence-electron chi connectivity index (χ3n) is 4.89. The number of carbonyl (C=O) groups is 1. The zero-order valence-corrected chi connectivity index (χ0v) is 14.0. The molecule has 2 aromatic rings. The number of benzene rings is 1. The summed E-state index contributed by atoms with van der Waals surface area (Å²) in [5, 5.41) is 11.3. The zero-order valence-electron chi connectivity index (χ0n) is 14.0. The lowest BCUT2D eigenvalue weighted by atomic mass is 10.0. The molecule has 0 bridgehead atoms. The molecule has 2 fully saturated rings. The molecule has 132 valence electrons. The summed E-state index contributed by atoms with van der Waals surface area (Å²) < 4.78 is 13.0. The molecule has 0 radical (unpaired) electrons. The number of ether oxygens (including phenoxy) is 2. The molecule has 1 spiro atoms. The van der Waals surface area contributed by atoms with E-state index in [0.717, 1.165) is 5.56 Å². The van der Waals surface area contributed by atoms with Gasteiger partial charge in [-0.15, -0.1) is 5.10 Å². The fraction of sp³-hybridized carbons (Fsp3) is 0.529. The molecule has 1 aromatic carbocycles. The molecule has 2 aliphatic rings. The third kappa shape index (κ3) is 3.40. The maximum atomic E-state index is 13.1. The number of amides is 1. The lowest BCUT2D eigenvalue weighted by molar-refractivity contribution is -0.188. The molecule has 8 heteroatoms. The van der Waals surface area contributed by atoms with E-state index in [1.54, 1.807) is 4.68 Å². The van der Waals surface area contributed by atoms with E-state index < -0.39 is 11.8 Å². The molecule has 25 heavy (non-hydrogen) atoms. The predicted molar refractivity (Wildman–Crippen MR) is 87.4 cm³/mol. The second-order valence-electron chi connectivity index (χ2n) is 6.43. The van der Waals surface area contributed by atoms with Gasteiger partial charge in [0.15, 0.2) is 5.79 Å². The summed E-state index contributed by atoms with van der Waals surface area (Å²) in [5.74, 6) is -0.454. The summed E-state index contributed by atoms with van der Waals surface area (Å²) in [7, 11) is 0. The van der Waals surface area contributed by atoms with Crippen molar-refractivity contribution in [2.45, 2.75) is 31.1 Å². The number of hydrogen-bond donors (Lipinski definition) is 0. The van der Waals surface area contributed by atoms with Crippen LogP contribution in [0.2, 0.25) is 0 Å². The quantitative estimate of drug-likeness (QED) is 0.817. The molecule has 0 saturated carbocycles. The minimum Gasteiger partial charge on any atom is -0.347 e. The maximum Gasteiger partial charge on any atom is 0.247 e. The summed E-state index contributed by atoms with van der Waals surface area (Å²) in [5.41, 5.74) is 1.08. The number of piperidine rings is 1. The average molecular weight is 343 g/mol. The van der Waals surface area contributed by atoms with Gasteiger partial charge in [-0.3, -0.25) is 4.79 Å². The molecule has 8 nitrogen and oxygen atoms in total. The van der Waals surface area contributed by atoms with Gasteiger partial charge in [0.05, 0.1) is 13.2 Å². The molecular formula is C17H21N5O3. The van der Waals surface area contributed by atoms with Gasteiger partial charge in [-0.25, -0.2) is 4.68 Å². The Balaban J connectivity index is 1.48. The highest BCUT2D eigenvalue weighted by atomic mass is 16.7. The van der Waals surface area contributed by atoms with Gasteiger partial charge >= 0.3 is 0 Å². The molecule has 1 amide bonds. The van der Waals surface area contributed by atoms with Gasteiger partial charge in [0.1, 0.15) is 12.4 Å². The first-order valence-electron chi connectivity index (χ1n) is 8.59. The standard InChI is InChI=1S/C17H21N5O3/c23-16(21-8-6-17(7-9-21)24-10-11-25-17)15(22-13-18-19-20-22)12-14-4-2-1-3-5-14/h1-5,13,15H,6-12H2/t15-/m0/s1. The summed E-state index contributed by atoms with van der Waals surface area (Å²) in [6.45, 7) is 2.50. The summed E-state index contributed by atoms with van der Waals surface area (Å²) >= 11 is 0. The fourth-order valence-corrected chi connectivity index (χ4v) is 3.51. The van der Waals surface area contributed by atoms with Crippen LogP contribution in [0.5, 0.6) is 0 Å². The Morgan fingerprint density at radius 1 is 1.16 bits per heavy atom. The Hall–Kier alpha value is -2.32. The largest absolute Gasteiger partial charge is 0.347 e. The van der Waals surface area contributed by atoms with E-state index >= 15 is 0 Å². The van der Waals surface area contributed by atoms with E-state index in [9.17, 15) is 4.79 Å². The van der Waals surface area contributed by atoms with Crippen LogP contribution >= 0.6 is 0 Å². The van der Waals surface area contributed by atoms with Crippen LogP contribution in [0, 0.1) is 0 Å². The van der Waals surface area contributed by atoms with Crippen LogP contribution in [0.3, 0.4) is 0 Å². The van der Waals surface area contributed by atoms with Crippen molar-refractivity contribution < 1.29 is 14.3 Å². The molecule has 2 aliphatic heterocycles. The topological polar surface area (TPSA) is 82.4 Å². The number of rotatable bonds is 4. The average Bonchev–Trinajstić information content (AvgIpc) is 3.33. The second-order valence-corrected chi connectivity index (χ2v) is 6.43. The van der Waals surface area contributed by atoms with Crippen molar-refractivity contribution in [3.63, 3.8) is 0 Å². The van der Waals surface area contributed by atoms with Crippen molar-refractivity contribution in [1.29, 1.82) is 0 Å². The Kier molecular flexibility index (Phi) is 4.46. The normalized spacial score (nSPS) is 20.7. The summed E-state index contributed by atoms with van der Waals surface area (Å²) in [4.78, 5) is 15.0. The number of tetrazole rings is 1. The molecule has 3 heterocycles. The Morgan fingerprint density at radius 2 is 1.88 bits per heavy atom. The molecule has 1 atom stereocenters. The van der Waals surface area contributed by atoms with Crippen molar-refractivity contribution >= 4 is 5.91 Å². The van der Waals surface area contributed by atoms with Crippen LogP contribution in [-0.4, -0.2) is 63.1 Å². The van der Waals surface area contributed by atoms with E-state index in [0.29, 0.717) is 45.6 Å². The van der Waals surface area contributed by atoms with Crippen LogP contribution in [0.4, 0.5) is 0 Å². The van der Waals surface area contributed by atoms with Crippen molar-refractivity contribution in [2.75, 3.05) is 26.3 Å². The van der Waals surface area contributed by atoms with Crippen LogP contribution in [0.15, 0.2) is 36.7 Å². The summed E-state index contributed by atoms with van der Waals surface area (Å²) in [6, 6.07) is 9.47. The van der Waals surface area contributed by atoms with E-state index in [1.165, 1.54) is 6.33 Å². The lowest BCUT2D eigenvalue weighted by Gasteiger charge is -2.38. The maximum absolute atomic E-state index is 13.1. The Labute approximate surface area is 145 Å². The number of likely N-dealkylation sites (tertiary alicyclic amines) is 1. The molecule has 4 rings (SSSR count). The second kappa shape index (κ2) is 6.89. The van der Waals surface area contributed by atoms with Crippen molar-refractivity contribution in [3.05, 3.63) is 42.2 Å². The number of nitrogens with zero attached hydrogens (tertiary/aromatic N) is 5. The van der Waals surface area contributed by atoms with Gasteiger partial charge in [0.25, 0.3) is 0 Å². The highest BCUT2D eigenvalue weighted by Gasteiger charge is 2.42. The van der Waals surface area contributed by atoms with Crippen molar-refractivity contribution in [3.8, 4) is 0 Å². The molecule has 0 aliphatic carbocycles. The van der Waals surface area contributed by atoms with Gasteiger partial charge < -0.3 is 14.4 Å². The molecular weight excluding hydrogens is 322 g/mol. The van der Waals surface area contributed by atoms with Crippen LogP contribution in [-0.2, 0) is 20.7 Å². The van der Waals surface area contributed by atoms with Crippen LogP contribution < -0.4 is 0 Å². The van der Waals surface area contributed by atoms with Crippen LogP contribution in [0.25, 0.3) is 0 Å². The number of aromatic nitrogens is 4. The Bertz CT molecular complexity index is 690. The first kappa shape index (κ1) is 16.2. The van der Waals surface area contributed by atoms with E-state index in [-0.39, 0.29) is 5.91 Å². The minimum absolute atomic E-state index is 0.0315. The van der Waals surface area contributed by atoms with Crippen LogP contribution in [0.1, 0.15) is 24.4 Å². The molecule has 0 N–H and O–H groups in total. The SMILES string of the molecule is O=C([C@H](Cc1ccccc1)n1cnnn1)N1CCC2(CC1)OCCO2. The van der Waals surface area contributed by atoms with Gasteiger partial charge in [-0.1, -0.05) is 30.3 Å². The number of carbonyl (C=O) groups excluding carboxylic acids is 1.